The summed E-state index contributed by atoms with van der Waals surface area (Å²) in [4.78, 5) is 4.50. The molecule has 0 saturated carbocycles. The van der Waals surface area contributed by atoms with Crippen molar-refractivity contribution in [2.24, 2.45) is 0 Å². The maximum absolute atomic E-state index is 9.16. The third-order valence-corrected chi connectivity index (χ3v) is 16.5. The fourth-order valence-electron chi connectivity index (χ4n) is 5.05. The largest absolute Gasteiger partial charge is 0.192 e. The average Bonchev–Trinajstić information content (AvgIpc) is 3.52. The molecule has 8 heteroatoms. The first-order valence-corrected chi connectivity index (χ1v) is 18.3. The number of allylic oxidation sites excluding steroid dienone is 2. The molecule has 4 nitrogen and oxygen atoms in total. The van der Waals surface area contributed by atoms with E-state index in [2.05, 4.69) is 50.5 Å². The van der Waals surface area contributed by atoms with Crippen molar-refractivity contribution in [2.75, 3.05) is 0 Å². The smallest absolute Gasteiger partial charge is 0.131 e. The number of hydrogen-bond acceptors (Lipinski definition) is 6. The van der Waals surface area contributed by atoms with Gasteiger partial charge >= 0.3 is 0 Å². The second kappa shape index (κ2) is 7.50. The first-order valence-electron chi connectivity index (χ1n) is 10.7. The van der Waals surface area contributed by atoms with Crippen molar-refractivity contribution in [3.05, 3.63) is 45.2 Å². The summed E-state index contributed by atoms with van der Waals surface area (Å²) in [5.41, 5.74) is 2.90. The maximum atomic E-state index is 9.16. The highest BCUT2D eigenvalue weighted by molar-refractivity contribution is 7.23. The Morgan fingerprint density at radius 2 is 0.971 bits per heavy atom. The third-order valence-electron chi connectivity index (χ3n) is 6.90. The topological polar surface area (TPSA) is 95.2 Å². The molecule has 5 rings (SSSR count). The molecule has 34 heavy (non-hydrogen) atoms. The zero-order valence-corrected chi connectivity index (χ0v) is 22.7. The molecule has 0 unspecified atom stereocenters. The molecule has 0 fully saturated rings. The molecule has 2 aliphatic rings. The fraction of sp³-hybridized carbons (Fsp3) is 0.154. The van der Waals surface area contributed by atoms with Crippen LogP contribution in [0.25, 0.3) is 33.0 Å². The van der Waals surface area contributed by atoms with Gasteiger partial charge in [0.05, 0.1) is 0 Å². The summed E-state index contributed by atoms with van der Waals surface area (Å²) in [7, 11) is -3.87. The van der Waals surface area contributed by atoms with Crippen molar-refractivity contribution in [2.45, 2.75) is 26.2 Å². The van der Waals surface area contributed by atoms with Crippen LogP contribution in [-0.2, 0) is 0 Å². The van der Waals surface area contributed by atoms with Crippen LogP contribution in [0, 0.1) is 45.3 Å². The molecule has 0 saturated heterocycles. The Morgan fingerprint density at radius 1 is 0.618 bits per heavy atom. The van der Waals surface area contributed by atoms with Gasteiger partial charge in [-0.25, -0.2) is 0 Å². The number of hydrogen-bond donors (Lipinski definition) is 0. The van der Waals surface area contributed by atoms with Crippen LogP contribution in [0.1, 0.15) is 9.75 Å². The standard InChI is InChI=1S/C26H18N4S2Si2/c1-33(2)21-9-20-22(10-19(21)25-23(33)7-17(31-25)5-15(11-27)12-28)34(3,4)24-8-18(32-26(20)24)6-16(13-29)14-30/h5-10H,1-4H3. The van der Waals surface area contributed by atoms with Crippen LogP contribution in [0.3, 0.4) is 0 Å². The van der Waals surface area contributed by atoms with Crippen LogP contribution in [0.15, 0.2) is 35.4 Å². The molecular formula is C26H18N4S2Si2. The van der Waals surface area contributed by atoms with E-state index in [4.69, 9.17) is 21.0 Å². The summed E-state index contributed by atoms with van der Waals surface area (Å²) in [5, 5.41) is 42.3. The summed E-state index contributed by atoms with van der Waals surface area (Å²) in [6.45, 7) is 9.47. The Kier molecular flexibility index (Phi) is 4.92. The van der Waals surface area contributed by atoms with Crippen LogP contribution in [0.5, 0.6) is 0 Å². The summed E-state index contributed by atoms with van der Waals surface area (Å²) in [6, 6.07) is 17.0. The lowest BCUT2D eigenvalue weighted by molar-refractivity contribution is 1.47. The molecule has 3 aromatic rings. The Hall–Kier alpha value is -3.51. The van der Waals surface area contributed by atoms with Crippen LogP contribution in [0.4, 0.5) is 0 Å². The minimum absolute atomic E-state index is 0.132. The van der Waals surface area contributed by atoms with Crippen molar-refractivity contribution in [1.29, 1.82) is 21.0 Å². The van der Waals surface area contributed by atoms with E-state index in [1.54, 1.807) is 34.8 Å². The van der Waals surface area contributed by atoms with Gasteiger partial charge < -0.3 is 0 Å². The molecule has 1 aromatic carbocycles. The van der Waals surface area contributed by atoms with E-state index in [1.807, 2.05) is 24.3 Å². The predicted molar refractivity (Wildman–Crippen MR) is 145 cm³/mol. The van der Waals surface area contributed by atoms with Crippen molar-refractivity contribution in [1.82, 2.24) is 0 Å². The van der Waals surface area contributed by atoms with Crippen molar-refractivity contribution in [3.63, 3.8) is 0 Å². The van der Waals surface area contributed by atoms with E-state index < -0.39 is 16.1 Å². The van der Waals surface area contributed by atoms with E-state index in [9.17, 15) is 0 Å². The predicted octanol–water partition coefficient (Wildman–Crippen LogP) is 4.28. The molecule has 162 valence electrons. The van der Waals surface area contributed by atoms with Gasteiger partial charge in [0.1, 0.15) is 51.6 Å². The lowest BCUT2D eigenvalue weighted by Gasteiger charge is -2.22. The Balaban J connectivity index is 1.69. The zero-order chi connectivity index (χ0) is 24.4. The molecule has 4 heterocycles. The molecule has 0 bridgehead atoms. The van der Waals surface area contributed by atoms with Gasteiger partial charge in [-0.2, -0.15) is 21.0 Å². The fourth-order valence-corrected chi connectivity index (χ4v) is 15.1. The zero-order valence-electron chi connectivity index (χ0n) is 19.1. The van der Waals surface area contributed by atoms with Gasteiger partial charge in [-0.15, -0.1) is 22.7 Å². The van der Waals surface area contributed by atoms with Gasteiger partial charge in [0.2, 0.25) is 0 Å². The molecule has 0 N–H and O–H groups in total. The minimum atomic E-state index is -1.94. The number of nitrogens with zero attached hydrogens (tertiary/aromatic N) is 4. The molecule has 0 spiro atoms. The van der Waals surface area contributed by atoms with E-state index in [1.165, 1.54) is 41.6 Å². The monoisotopic (exact) mass is 506 g/mol. The van der Waals surface area contributed by atoms with Crippen LogP contribution < -0.4 is 20.7 Å². The molecular weight excluding hydrogens is 489 g/mol. The van der Waals surface area contributed by atoms with Crippen molar-refractivity contribution in [3.8, 4) is 45.2 Å². The number of benzene rings is 1. The van der Waals surface area contributed by atoms with Gasteiger partial charge in [-0.3, -0.25) is 0 Å². The highest BCUT2D eigenvalue weighted by Crippen LogP contribution is 2.40. The number of thiophene rings is 2. The van der Waals surface area contributed by atoms with E-state index in [-0.39, 0.29) is 11.1 Å². The van der Waals surface area contributed by atoms with Gasteiger partial charge in [0.15, 0.2) is 0 Å². The molecule has 2 aliphatic heterocycles. The van der Waals surface area contributed by atoms with Crippen LogP contribution in [-0.4, -0.2) is 16.1 Å². The molecule has 0 radical (unpaired) electrons. The number of fused-ring (bicyclic) bond motifs is 6. The van der Waals surface area contributed by atoms with Crippen molar-refractivity contribution < 1.29 is 0 Å². The van der Waals surface area contributed by atoms with Crippen molar-refractivity contribution >= 4 is 71.7 Å². The maximum Gasteiger partial charge on any atom is 0.131 e. The quantitative estimate of drug-likeness (QED) is 0.383. The van der Waals surface area contributed by atoms with Crippen LogP contribution >= 0.6 is 22.7 Å². The summed E-state index contributed by atoms with van der Waals surface area (Å²) < 4.78 is 0. The Labute approximate surface area is 208 Å². The first-order chi connectivity index (χ1) is 16.1. The van der Waals surface area contributed by atoms with Gasteiger partial charge in [-0.05, 0) is 56.2 Å². The SMILES string of the molecule is C[Si]1(C)c2cc3c(cc2-c2sc(C=C(C#N)C#N)cc21)[Si](C)(C)c1cc(C=C(C#N)C#N)sc1-3. The summed E-state index contributed by atoms with van der Waals surface area (Å²) in [5.74, 6) is 0. The van der Waals surface area contributed by atoms with E-state index in [0.29, 0.717) is 0 Å². The number of nitriles is 4. The summed E-state index contributed by atoms with van der Waals surface area (Å²) in [6.07, 6.45) is 3.39. The van der Waals surface area contributed by atoms with E-state index >= 15 is 0 Å². The lowest BCUT2D eigenvalue weighted by Crippen LogP contribution is -2.51. The van der Waals surface area contributed by atoms with Crippen LogP contribution in [0.2, 0.25) is 26.2 Å². The summed E-state index contributed by atoms with van der Waals surface area (Å²) >= 11 is 3.35. The molecule has 0 atom stereocenters. The highest BCUT2D eigenvalue weighted by atomic mass is 32.1. The normalized spacial score (nSPS) is 14.8. The van der Waals surface area contributed by atoms with Gasteiger partial charge in [0.25, 0.3) is 0 Å². The molecule has 2 aromatic heterocycles. The van der Waals surface area contributed by atoms with E-state index in [0.717, 1.165) is 9.75 Å². The average molecular weight is 507 g/mol. The second-order valence-corrected chi connectivity index (χ2v) is 20.4. The molecule has 0 aliphatic carbocycles. The Morgan fingerprint density at radius 3 is 1.29 bits per heavy atom. The third kappa shape index (κ3) is 3.02. The lowest BCUT2D eigenvalue weighted by atomic mass is 10.1. The van der Waals surface area contributed by atoms with Gasteiger partial charge in [0, 0.05) is 19.5 Å². The van der Waals surface area contributed by atoms with Gasteiger partial charge in [-0.1, -0.05) is 38.3 Å². The molecule has 0 amide bonds. The first kappa shape index (κ1) is 22.3. The number of rotatable bonds is 2. The highest BCUT2D eigenvalue weighted by Gasteiger charge is 2.45. The second-order valence-electron chi connectivity index (χ2n) is 9.54. The minimum Gasteiger partial charge on any atom is -0.192 e. The Bertz CT molecular complexity index is 1500.